The predicted molar refractivity (Wildman–Crippen MR) is 71.4 cm³/mol. The van der Waals surface area contributed by atoms with Crippen LogP contribution in [0.15, 0.2) is 0 Å². The minimum atomic E-state index is -0.970. The number of rotatable bonds is 8. The first kappa shape index (κ1) is 21.2. The van der Waals surface area contributed by atoms with Gasteiger partial charge in [0.2, 0.25) is 0 Å². The third-order valence-corrected chi connectivity index (χ3v) is 2.05. The van der Waals surface area contributed by atoms with Crippen LogP contribution in [0.1, 0.15) is 39.0 Å². The van der Waals surface area contributed by atoms with Gasteiger partial charge in [0.1, 0.15) is 6.42 Å². The van der Waals surface area contributed by atoms with Gasteiger partial charge in [-0.2, -0.15) is 0 Å². The largest absolute Gasteiger partial charge is 0.481 e. The summed E-state index contributed by atoms with van der Waals surface area (Å²) in [5.74, 6) is -2.56. The molecule has 21 heavy (non-hydrogen) atoms. The van der Waals surface area contributed by atoms with Gasteiger partial charge in [0.15, 0.2) is 0 Å². The molecule has 8 nitrogen and oxygen atoms in total. The first-order chi connectivity index (χ1) is 9.87. The Hall–Kier alpha value is -2.12. The number of unbranched alkanes of at least 4 members (excludes halogenated alkanes) is 1. The van der Waals surface area contributed by atoms with Crippen molar-refractivity contribution in [2.45, 2.75) is 39.0 Å². The third kappa shape index (κ3) is 17.9. The van der Waals surface area contributed by atoms with Crippen molar-refractivity contribution in [3.63, 3.8) is 0 Å². The first-order valence-corrected chi connectivity index (χ1v) is 6.38. The van der Waals surface area contributed by atoms with E-state index in [4.69, 9.17) is 9.84 Å². The van der Waals surface area contributed by atoms with Crippen LogP contribution in [0.3, 0.4) is 0 Å². The van der Waals surface area contributed by atoms with Gasteiger partial charge in [0, 0.05) is 0 Å². The molecule has 0 saturated carbocycles. The lowest BCUT2D eigenvalue weighted by molar-refractivity contribution is -0.151. The molecule has 0 saturated heterocycles. The molecule has 0 amide bonds. The number of carboxylic acids is 1. The summed E-state index contributed by atoms with van der Waals surface area (Å²) in [5, 5.41) is 8.23. The highest BCUT2D eigenvalue weighted by molar-refractivity contribution is 5.90. The lowest BCUT2D eigenvalue weighted by atomic mass is 10.3. The summed E-state index contributed by atoms with van der Waals surface area (Å²) in [6, 6.07) is 0. The van der Waals surface area contributed by atoms with Crippen LogP contribution in [0.25, 0.3) is 0 Å². The molecule has 0 unspecified atom stereocenters. The Labute approximate surface area is 123 Å². The van der Waals surface area contributed by atoms with Gasteiger partial charge in [-0.3, -0.25) is 19.2 Å². The molecule has 0 aromatic carbocycles. The third-order valence-electron chi connectivity index (χ3n) is 2.05. The molecule has 0 atom stereocenters. The smallest absolute Gasteiger partial charge is 0.316 e. The van der Waals surface area contributed by atoms with Crippen LogP contribution in [-0.2, 0) is 33.4 Å². The summed E-state index contributed by atoms with van der Waals surface area (Å²) in [7, 11) is 2.43. The van der Waals surface area contributed by atoms with E-state index < -0.39 is 23.9 Å². The van der Waals surface area contributed by atoms with E-state index in [9.17, 15) is 19.2 Å². The minimum Gasteiger partial charge on any atom is -0.481 e. The van der Waals surface area contributed by atoms with Gasteiger partial charge in [-0.05, 0) is 6.42 Å². The Bertz CT molecular complexity index is 323. The number of esters is 3. The zero-order valence-electron chi connectivity index (χ0n) is 12.5. The van der Waals surface area contributed by atoms with Crippen molar-refractivity contribution in [3.05, 3.63) is 0 Å². The molecule has 1 N–H and O–H groups in total. The van der Waals surface area contributed by atoms with Gasteiger partial charge in [-0.25, -0.2) is 0 Å². The van der Waals surface area contributed by atoms with Crippen molar-refractivity contribution >= 4 is 23.9 Å². The van der Waals surface area contributed by atoms with Crippen LogP contribution in [0.5, 0.6) is 0 Å². The summed E-state index contributed by atoms with van der Waals surface area (Å²) >= 11 is 0. The van der Waals surface area contributed by atoms with Crippen molar-refractivity contribution in [1.29, 1.82) is 0 Å². The molecular formula is C13H22O8. The van der Waals surface area contributed by atoms with Crippen LogP contribution in [0, 0.1) is 0 Å². The highest BCUT2D eigenvalue weighted by Gasteiger charge is 2.07. The van der Waals surface area contributed by atoms with E-state index >= 15 is 0 Å². The number of hydrogen-bond donors (Lipinski definition) is 1. The van der Waals surface area contributed by atoms with E-state index in [-0.39, 0.29) is 19.3 Å². The second-order valence-corrected chi connectivity index (χ2v) is 3.80. The first-order valence-electron chi connectivity index (χ1n) is 6.38. The maximum atomic E-state index is 10.7. The molecule has 0 aliphatic heterocycles. The fourth-order valence-corrected chi connectivity index (χ4v) is 0.874. The number of carbonyl (C=O) groups is 4. The SMILES string of the molecule is CCCCOC(=O)CCC(=O)O.COC(=O)CC(=O)OC. The predicted octanol–water partition coefficient (Wildman–Crippen LogP) is 0.917. The quantitative estimate of drug-likeness (QED) is 0.304. The summed E-state index contributed by atoms with van der Waals surface area (Å²) in [5.41, 5.74) is 0. The number of aliphatic carboxylic acids is 1. The Morgan fingerprint density at radius 3 is 1.81 bits per heavy atom. The molecule has 0 aliphatic rings. The Morgan fingerprint density at radius 2 is 1.43 bits per heavy atom. The maximum Gasteiger partial charge on any atom is 0.316 e. The van der Waals surface area contributed by atoms with E-state index in [0.717, 1.165) is 12.8 Å². The average Bonchev–Trinajstić information content (AvgIpc) is 2.45. The summed E-state index contributed by atoms with van der Waals surface area (Å²) in [6.07, 6.45) is 1.31. The zero-order chi connectivity index (χ0) is 16.7. The lowest BCUT2D eigenvalue weighted by Gasteiger charge is -2.01. The van der Waals surface area contributed by atoms with Gasteiger partial charge < -0.3 is 19.3 Å². The van der Waals surface area contributed by atoms with Crippen LogP contribution in [-0.4, -0.2) is 49.8 Å². The fourth-order valence-electron chi connectivity index (χ4n) is 0.874. The van der Waals surface area contributed by atoms with E-state index in [1.54, 1.807) is 0 Å². The van der Waals surface area contributed by atoms with E-state index in [1.807, 2.05) is 6.92 Å². The van der Waals surface area contributed by atoms with Gasteiger partial charge in [-0.15, -0.1) is 0 Å². The Morgan fingerprint density at radius 1 is 0.905 bits per heavy atom. The number of carbonyl (C=O) groups excluding carboxylic acids is 3. The summed E-state index contributed by atoms with van der Waals surface area (Å²) < 4.78 is 13.1. The molecule has 0 aromatic heterocycles. The minimum absolute atomic E-state index is 0.0287. The zero-order valence-corrected chi connectivity index (χ0v) is 12.5. The molecule has 122 valence electrons. The van der Waals surface area contributed by atoms with Crippen LogP contribution < -0.4 is 0 Å². The van der Waals surface area contributed by atoms with Crippen molar-refractivity contribution in [3.8, 4) is 0 Å². The monoisotopic (exact) mass is 306 g/mol. The standard InChI is InChI=1S/C8H14O4.C5H8O4/c1-2-3-6-12-8(11)5-4-7(9)10;1-8-4(6)3-5(7)9-2/h2-6H2,1H3,(H,9,10);3H2,1-2H3. The van der Waals surface area contributed by atoms with Crippen molar-refractivity contribution in [1.82, 2.24) is 0 Å². The van der Waals surface area contributed by atoms with Gasteiger partial charge >= 0.3 is 23.9 Å². The second-order valence-electron chi connectivity index (χ2n) is 3.80. The van der Waals surface area contributed by atoms with Crippen molar-refractivity contribution in [2.24, 2.45) is 0 Å². The molecule has 8 heteroatoms. The molecule has 0 heterocycles. The number of methoxy groups -OCH3 is 2. The Kier molecular flexibility index (Phi) is 14.4. The molecule has 0 aromatic rings. The van der Waals surface area contributed by atoms with Crippen LogP contribution in [0.2, 0.25) is 0 Å². The average molecular weight is 306 g/mol. The molecular weight excluding hydrogens is 284 g/mol. The summed E-state index contributed by atoms with van der Waals surface area (Å²) in [6.45, 7) is 2.39. The number of hydrogen-bond acceptors (Lipinski definition) is 7. The summed E-state index contributed by atoms with van der Waals surface area (Å²) in [4.78, 5) is 41.3. The van der Waals surface area contributed by atoms with Crippen molar-refractivity contribution < 1.29 is 38.5 Å². The lowest BCUT2D eigenvalue weighted by Crippen LogP contribution is -2.09. The van der Waals surface area contributed by atoms with Crippen LogP contribution >= 0.6 is 0 Å². The molecule has 0 aliphatic carbocycles. The molecule has 0 fully saturated rings. The molecule has 0 bridgehead atoms. The van der Waals surface area contributed by atoms with Gasteiger partial charge in [0.25, 0.3) is 0 Å². The topological polar surface area (TPSA) is 116 Å². The van der Waals surface area contributed by atoms with E-state index in [2.05, 4.69) is 9.47 Å². The van der Waals surface area contributed by atoms with Crippen molar-refractivity contribution in [2.75, 3.05) is 20.8 Å². The highest BCUT2D eigenvalue weighted by Crippen LogP contribution is 1.95. The fraction of sp³-hybridized carbons (Fsp3) is 0.692. The van der Waals surface area contributed by atoms with Gasteiger partial charge in [0.05, 0.1) is 33.7 Å². The Balaban J connectivity index is 0. The maximum absolute atomic E-state index is 10.7. The molecule has 0 rings (SSSR count). The highest BCUT2D eigenvalue weighted by atomic mass is 16.5. The molecule has 0 radical (unpaired) electrons. The van der Waals surface area contributed by atoms with Gasteiger partial charge in [-0.1, -0.05) is 13.3 Å². The van der Waals surface area contributed by atoms with E-state index in [0.29, 0.717) is 6.61 Å². The normalized spacial score (nSPS) is 8.90. The van der Waals surface area contributed by atoms with E-state index in [1.165, 1.54) is 14.2 Å². The second kappa shape index (κ2) is 14.3. The molecule has 0 spiro atoms. The van der Waals surface area contributed by atoms with Crippen LogP contribution in [0.4, 0.5) is 0 Å². The number of carboxylic acid groups (broad SMARTS) is 1. The number of ether oxygens (including phenoxy) is 3.